The number of rotatable bonds is 5. The predicted octanol–water partition coefficient (Wildman–Crippen LogP) is 4.01. The molecule has 3 amide bonds. The van der Waals surface area contributed by atoms with Gasteiger partial charge in [-0.25, -0.2) is 0 Å². The Labute approximate surface area is 196 Å². The van der Waals surface area contributed by atoms with Crippen LogP contribution in [-0.4, -0.2) is 36.4 Å². The molecule has 2 aromatic carbocycles. The molecule has 7 heteroatoms. The number of allylic oxidation sites excluding steroid dienone is 2. The Morgan fingerprint density at radius 3 is 2.33 bits per heavy atom. The fourth-order valence-electron chi connectivity index (χ4n) is 6.13. The summed E-state index contributed by atoms with van der Waals surface area (Å²) in [6.45, 7) is -0.167. The number of halogens is 1. The molecule has 0 N–H and O–H groups in total. The van der Waals surface area contributed by atoms with E-state index in [2.05, 4.69) is 12.2 Å². The number of nitrogens with zero attached hydrogens (tertiary/aromatic N) is 2. The monoisotopic (exact) mass is 462 g/mol. The zero-order valence-electron chi connectivity index (χ0n) is 18.1. The SMILES string of the molecule is COc1cccc(C(=O)N(CN2C(=O)C3C4C=CC(C5CC45)C3C2=O)c2ccccc2Cl)c1. The van der Waals surface area contributed by atoms with Crippen LogP contribution < -0.4 is 9.64 Å². The van der Waals surface area contributed by atoms with Crippen LogP contribution in [0.3, 0.4) is 0 Å². The molecule has 0 aromatic heterocycles. The van der Waals surface area contributed by atoms with Crippen molar-refractivity contribution in [2.24, 2.45) is 35.5 Å². The summed E-state index contributed by atoms with van der Waals surface area (Å²) in [6, 6.07) is 13.8. The number of hydrogen-bond acceptors (Lipinski definition) is 4. The number of anilines is 1. The summed E-state index contributed by atoms with van der Waals surface area (Å²) in [5, 5.41) is 0.369. The van der Waals surface area contributed by atoms with Gasteiger partial charge in [-0.05, 0) is 60.4 Å². The van der Waals surface area contributed by atoms with E-state index >= 15 is 0 Å². The molecule has 7 rings (SSSR count). The van der Waals surface area contributed by atoms with Crippen molar-refractivity contribution in [2.75, 3.05) is 18.7 Å². The molecule has 3 fully saturated rings. The van der Waals surface area contributed by atoms with Crippen molar-refractivity contribution in [3.05, 3.63) is 71.3 Å². The number of likely N-dealkylation sites (tertiary alicyclic amines) is 1. The Kier molecular flexibility index (Phi) is 4.63. The van der Waals surface area contributed by atoms with E-state index in [1.54, 1.807) is 48.5 Å². The topological polar surface area (TPSA) is 66.9 Å². The van der Waals surface area contributed by atoms with Crippen LogP contribution in [0.25, 0.3) is 0 Å². The molecule has 2 aromatic rings. The van der Waals surface area contributed by atoms with Gasteiger partial charge in [0.25, 0.3) is 5.91 Å². The molecular formula is C26H23ClN2O4. The summed E-state index contributed by atoms with van der Waals surface area (Å²) in [5.41, 5.74) is 0.833. The summed E-state index contributed by atoms with van der Waals surface area (Å²) >= 11 is 6.45. The number of hydrogen-bond donors (Lipinski definition) is 0. The molecular weight excluding hydrogens is 440 g/mol. The van der Waals surface area contributed by atoms with Gasteiger partial charge in [-0.15, -0.1) is 0 Å². The zero-order valence-corrected chi connectivity index (χ0v) is 18.8. The Hall–Kier alpha value is -3.12. The van der Waals surface area contributed by atoms with E-state index in [1.807, 2.05) is 0 Å². The van der Waals surface area contributed by atoms with Gasteiger partial charge < -0.3 is 4.74 Å². The number of ether oxygens (including phenoxy) is 1. The van der Waals surface area contributed by atoms with E-state index in [-0.39, 0.29) is 48.1 Å². The predicted molar refractivity (Wildman–Crippen MR) is 123 cm³/mol. The standard InChI is InChI=1S/C26H23ClN2O4/c1-33-15-6-4-5-14(11-15)24(30)28(21-8-3-2-7-20(21)27)13-29-25(31)22-16-9-10-17(19-12-18(16)19)23(22)26(29)32/h2-11,16-19,22-23H,12-13H2,1H3. The van der Waals surface area contributed by atoms with Gasteiger partial charge in [-0.2, -0.15) is 0 Å². The molecule has 1 aliphatic heterocycles. The maximum Gasteiger partial charge on any atom is 0.259 e. The van der Waals surface area contributed by atoms with Crippen molar-refractivity contribution in [2.45, 2.75) is 6.42 Å². The first-order valence-corrected chi connectivity index (χ1v) is 11.6. The minimum absolute atomic E-state index is 0.134. The van der Waals surface area contributed by atoms with Crippen molar-refractivity contribution in [3.8, 4) is 5.75 Å². The van der Waals surface area contributed by atoms with Crippen molar-refractivity contribution >= 4 is 35.0 Å². The molecule has 6 atom stereocenters. The Morgan fingerprint density at radius 1 is 1.03 bits per heavy atom. The molecule has 1 saturated heterocycles. The van der Waals surface area contributed by atoms with Crippen LogP contribution in [0.4, 0.5) is 5.69 Å². The molecule has 1 heterocycles. The quantitative estimate of drug-likeness (QED) is 0.497. The lowest BCUT2D eigenvalue weighted by Crippen LogP contribution is -2.45. The van der Waals surface area contributed by atoms with E-state index in [0.29, 0.717) is 33.9 Å². The first-order chi connectivity index (χ1) is 16.0. The van der Waals surface area contributed by atoms with Crippen molar-refractivity contribution in [1.29, 1.82) is 0 Å². The van der Waals surface area contributed by atoms with Gasteiger partial charge in [-0.3, -0.25) is 24.2 Å². The fraction of sp³-hybridized carbons (Fsp3) is 0.346. The lowest BCUT2D eigenvalue weighted by atomic mass is 9.63. The number of imide groups is 1. The Balaban J connectivity index is 1.35. The maximum absolute atomic E-state index is 13.6. The molecule has 2 saturated carbocycles. The van der Waals surface area contributed by atoms with Gasteiger partial charge in [0.15, 0.2) is 0 Å². The summed E-state index contributed by atoms with van der Waals surface area (Å²) in [4.78, 5) is 43.3. The number of para-hydroxylation sites is 1. The second-order valence-electron chi connectivity index (χ2n) is 9.32. The molecule has 6 nitrogen and oxygen atoms in total. The first-order valence-electron chi connectivity index (χ1n) is 11.2. The van der Waals surface area contributed by atoms with Crippen molar-refractivity contribution in [3.63, 3.8) is 0 Å². The average Bonchev–Trinajstić information content (AvgIpc) is 3.63. The minimum atomic E-state index is -0.360. The van der Waals surface area contributed by atoms with Gasteiger partial charge in [0, 0.05) is 5.56 Å². The Morgan fingerprint density at radius 2 is 1.70 bits per heavy atom. The molecule has 168 valence electrons. The van der Waals surface area contributed by atoms with E-state index in [1.165, 1.54) is 16.9 Å². The summed E-state index contributed by atoms with van der Waals surface area (Å²) in [7, 11) is 1.53. The number of methoxy groups -OCH3 is 1. The smallest absolute Gasteiger partial charge is 0.259 e. The molecule has 0 spiro atoms. The van der Waals surface area contributed by atoms with Crippen LogP contribution >= 0.6 is 11.6 Å². The second-order valence-corrected chi connectivity index (χ2v) is 9.72. The lowest BCUT2D eigenvalue weighted by molar-refractivity contribution is -0.140. The highest BCUT2D eigenvalue weighted by molar-refractivity contribution is 6.34. The number of amides is 3. The molecule has 2 bridgehead atoms. The van der Waals surface area contributed by atoms with Crippen LogP contribution in [0.2, 0.25) is 5.02 Å². The highest BCUT2D eigenvalue weighted by Gasteiger charge is 2.67. The van der Waals surface area contributed by atoms with Crippen molar-refractivity contribution < 1.29 is 19.1 Å². The average molecular weight is 463 g/mol. The molecule has 0 radical (unpaired) electrons. The van der Waals surface area contributed by atoms with Gasteiger partial charge in [0.2, 0.25) is 11.8 Å². The van der Waals surface area contributed by atoms with E-state index in [0.717, 1.165) is 6.42 Å². The van der Waals surface area contributed by atoms with Crippen LogP contribution in [0.15, 0.2) is 60.7 Å². The fourth-order valence-corrected chi connectivity index (χ4v) is 6.37. The molecule has 33 heavy (non-hydrogen) atoms. The second kappa shape index (κ2) is 7.45. The normalized spacial score (nSPS) is 30.8. The van der Waals surface area contributed by atoms with Crippen LogP contribution in [-0.2, 0) is 9.59 Å². The highest BCUT2D eigenvalue weighted by atomic mass is 35.5. The molecule has 5 aliphatic rings. The van der Waals surface area contributed by atoms with Crippen molar-refractivity contribution in [1.82, 2.24) is 4.90 Å². The third kappa shape index (κ3) is 3.04. The third-order valence-corrected chi connectivity index (χ3v) is 8.06. The van der Waals surface area contributed by atoms with Crippen LogP contribution in [0, 0.1) is 35.5 Å². The lowest BCUT2D eigenvalue weighted by Gasteiger charge is -2.37. The van der Waals surface area contributed by atoms with Crippen LogP contribution in [0.1, 0.15) is 16.8 Å². The van der Waals surface area contributed by atoms with E-state index < -0.39 is 0 Å². The van der Waals surface area contributed by atoms with Gasteiger partial charge in [0.05, 0.1) is 29.7 Å². The maximum atomic E-state index is 13.6. The third-order valence-electron chi connectivity index (χ3n) is 7.74. The van der Waals surface area contributed by atoms with E-state index in [4.69, 9.17) is 16.3 Å². The summed E-state index contributed by atoms with van der Waals surface area (Å²) in [5.74, 6) is 0.529. The number of carbonyl (C=O) groups is 3. The molecule has 4 aliphatic carbocycles. The van der Waals surface area contributed by atoms with Gasteiger partial charge in [0.1, 0.15) is 12.4 Å². The first kappa shape index (κ1) is 20.5. The highest BCUT2D eigenvalue weighted by Crippen LogP contribution is 2.65. The Bertz CT molecular complexity index is 1170. The number of benzene rings is 2. The summed E-state index contributed by atoms with van der Waals surface area (Å²) < 4.78 is 5.27. The number of carbonyl (C=O) groups excluding carboxylic acids is 3. The molecule has 6 unspecified atom stereocenters. The largest absolute Gasteiger partial charge is 0.497 e. The minimum Gasteiger partial charge on any atom is -0.497 e. The van der Waals surface area contributed by atoms with Gasteiger partial charge in [-0.1, -0.05) is 42.0 Å². The van der Waals surface area contributed by atoms with E-state index in [9.17, 15) is 14.4 Å². The zero-order chi connectivity index (χ0) is 22.9. The van der Waals surface area contributed by atoms with Crippen LogP contribution in [0.5, 0.6) is 5.75 Å². The van der Waals surface area contributed by atoms with Gasteiger partial charge >= 0.3 is 0 Å². The summed E-state index contributed by atoms with van der Waals surface area (Å²) in [6.07, 6.45) is 5.39.